The van der Waals surface area contributed by atoms with Crippen molar-refractivity contribution in [1.82, 2.24) is 24.5 Å². The molecule has 0 bridgehead atoms. The molecule has 2 heterocycles. The minimum absolute atomic E-state index is 0.254. The maximum absolute atomic E-state index is 11.8. The summed E-state index contributed by atoms with van der Waals surface area (Å²) >= 11 is 0. The molecule has 0 aliphatic carbocycles. The van der Waals surface area contributed by atoms with Crippen LogP contribution in [0.3, 0.4) is 0 Å². The van der Waals surface area contributed by atoms with E-state index in [1.54, 1.807) is 13.2 Å². The monoisotopic (exact) mass is 283 g/mol. The molecule has 106 valence electrons. The predicted molar refractivity (Wildman–Crippen MR) is 76.5 cm³/mol. The highest BCUT2D eigenvalue weighted by molar-refractivity contribution is 5.25. The molecule has 7 heteroatoms. The third-order valence-corrected chi connectivity index (χ3v) is 3.11. The van der Waals surface area contributed by atoms with Crippen LogP contribution in [0.4, 0.5) is 0 Å². The lowest BCUT2D eigenvalue weighted by Crippen LogP contribution is -2.30. The first-order chi connectivity index (χ1) is 10.1. The summed E-state index contributed by atoms with van der Waals surface area (Å²) in [5.41, 5.74) is 1.15. The van der Waals surface area contributed by atoms with Crippen LogP contribution in [0.1, 0.15) is 11.3 Å². The fraction of sp³-hybridized carbons (Fsp3) is 0.143. The number of aromatic amines is 1. The van der Waals surface area contributed by atoms with E-state index in [1.807, 2.05) is 30.3 Å². The number of rotatable bonds is 3. The second-order valence-corrected chi connectivity index (χ2v) is 4.70. The van der Waals surface area contributed by atoms with Gasteiger partial charge in [-0.15, -0.1) is 5.10 Å². The van der Waals surface area contributed by atoms with E-state index in [2.05, 4.69) is 15.3 Å². The van der Waals surface area contributed by atoms with Crippen LogP contribution in [0.15, 0.2) is 52.3 Å². The number of nitrogens with one attached hydrogen (secondary N) is 1. The van der Waals surface area contributed by atoms with Crippen LogP contribution in [0, 0.1) is 0 Å². The fourth-order valence-corrected chi connectivity index (χ4v) is 2.02. The van der Waals surface area contributed by atoms with Gasteiger partial charge in [-0.2, -0.15) is 0 Å². The van der Waals surface area contributed by atoms with E-state index in [0.29, 0.717) is 6.42 Å². The van der Waals surface area contributed by atoms with Crippen LogP contribution in [0.2, 0.25) is 0 Å². The molecule has 0 amide bonds. The van der Waals surface area contributed by atoms with Crippen molar-refractivity contribution in [3.05, 3.63) is 74.8 Å². The Morgan fingerprint density at radius 2 is 1.90 bits per heavy atom. The number of H-pyrrole nitrogens is 1. The van der Waals surface area contributed by atoms with Crippen molar-refractivity contribution in [3.63, 3.8) is 0 Å². The summed E-state index contributed by atoms with van der Waals surface area (Å²) in [6.45, 7) is 0. The number of aryl methyl sites for hydroxylation is 1. The van der Waals surface area contributed by atoms with Crippen molar-refractivity contribution in [2.45, 2.75) is 6.42 Å². The molecule has 2 aromatic heterocycles. The van der Waals surface area contributed by atoms with Crippen LogP contribution in [-0.4, -0.2) is 24.5 Å². The molecule has 3 aromatic rings. The van der Waals surface area contributed by atoms with Gasteiger partial charge >= 0.3 is 5.69 Å². The molecule has 0 aliphatic rings. The lowest BCUT2D eigenvalue weighted by molar-refractivity contribution is 0.737. The summed E-state index contributed by atoms with van der Waals surface area (Å²) in [4.78, 5) is 25.4. The van der Waals surface area contributed by atoms with Gasteiger partial charge in [-0.05, 0) is 5.56 Å². The Morgan fingerprint density at radius 1 is 1.14 bits per heavy atom. The van der Waals surface area contributed by atoms with Crippen molar-refractivity contribution in [2.24, 2.45) is 7.05 Å². The molecule has 0 saturated carbocycles. The zero-order chi connectivity index (χ0) is 14.8. The Hall–Kier alpha value is -2.96. The van der Waals surface area contributed by atoms with Crippen molar-refractivity contribution >= 4 is 0 Å². The molecular weight excluding hydrogens is 270 g/mol. The van der Waals surface area contributed by atoms with Crippen LogP contribution in [0.25, 0.3) is 5.69 Å². The lowest BCUT2D eigenvalue weighted by Gasteiger charge is -2.01. The molecule has 0 fully saturated rings. The van der Waals surface area contributed by atoms with Gasteiger partial charge < -0.3 is 4.57 Å². The van der Waals surface area contributed by atoms with Gasteiger partial charge in [0.05, 0.1) is 11.9 Å². The molecular formula is C14H13N5O2. The molecule has 0 aliphatic heterocycles. The highest BCUT2D eigenvalue weighted by Gasteiger charge is 2.08. The Labute approximate surface area is 119 Å². The minimum Gasteiger partial charge on any atom is -0.301 e. The number of hydrogen-bond donors (Lipinski definition) is 1. The van der Waals surface area contributed by atoms with Crippen LogP contribution in [-0.2, 0) is 13.5 Å². The highest BCUT2D eigenvalue weighted by Crippen LogP contribution is 2.07. The Bertz CT molecular complexity index is 876. The molecule has 0 radical (unpaired) electrons. The van der Waals surface area contributed by atoms with Gasteiger partial charge in [0.1, 0.15) is 5.69 Å². The SMILES string of the molecule is Cn1cc(-n2cc(Cc3ccccc3)nn2)c(=O)[nH]c1=O. The maximum atomic E-state index is 11.8. The van der Waals surface area contributed by atoms with Gasteiger partial charge in [-0.25, -0.2) is 9.48 Å². The number of nitrogens with zero attached hydrogens (tertiary/aromatic N) is 4. The maximum Gasteiger partial charge on any atom is 0.328 e. The topological polar surface area (TPSA) is 85.6 Å². The number of aromatic nitrogens is 5. The Morgan fingerprint density at radius 3 is 2.67 bits per heavy atom. The number of benzene rings is 1. The van der Waals surface area contributed by atoms with Crippen LogP contribution >= 0.6 is 0 Å². The third-order valence-electron chi connectivity index (χ3n) is 3.11. The van der Waals surface area contributed by atoms with E-state index in [9.17, 15) is 9.59 Å². The number of hydrogen-bond acceptors (Lipinski definition) is 4. The second kappa shape index (κ2) is 5.20. The Kier molecular flexibility index (Phi) is 3.23. The summed E-state index contributed by atoms with van der Waals surface area (Å²) < 4.78 is 2.66. The van der Waals surface area contributed by atoms with Crippen molar-refractivity contribution < 1.29 is 0 Å². The lowest BCUT2D eigenvalue weighted by atomic mass is 10.1. The van der Waals surface area contributed by atoms with Gasteiger partial charge in [-0.3, -0.25) is 9.78 Å². The predicted octanol–water partition coefficient (Wildman–Crippen LogP) is 0.245. The Balaban J connectivity index is 1.94. The molecule has 1 N–H and O–H groups in total. The van der Waals surface area contributed by atoms with Gasteiger partial charge in [0.2, 0.25) is 0 Å². The summed E-state index contributed by atoms with van der Waals surface area (Å²) in [6, 6.07) is 9.86. The van der Waals surface area contributed by atoms with E-state index in [4.69, 9.17) is 0 Å². The van der Waals surface area contributed by atoms with Crippen LogP contribution in [0.5, 0.6) is 0 Å². The molecule has 0 saturated heterocycles. The zero-order valence-electron chi connectivity index (χ0n) is 11.4. The van der Waals surface area contributed by atoms with E-state index >= 15 is 0 Å². The third kappa shape index (κ3) is 2.66. The second-order valence-electron chi connectivity index (χ2n) is 4.70. The minimum atomic E-state index is -0.491. The van der Waals surface area contributed by atoms with Gasteiger partial charge in [0, 0.05) is 19.7 Å². The molecule has 1 aromatic carbocycles. The quantitative estimate of drug-likeness (QED) is 0.746. The molecule has 21 heavy (non-hydrogen) atoms. The molecule has 0 unspecified atom stereocenters. The smallest absolute Gasteiger partial charge is 0.301 e. The molecule has 0 spiro atoms. The van der Waals surface area contributed by atoms with Crippen molar-refractivity contribution in [2.75, 3.05) is 0 Å². The summed E-state index contributed by atoms with van der Waals surface area (Å²) in [5, 5.41) is 8.00. The summed E-state index contributed by atoms with van der Waals surface area (Å²) in [5.74, 6) is 0. The van der Waals surface area contributed by atoms with Gasteiger partial charge in [0.25, 0.3) is 5.56 Å². The molecule has 3 rings (SSSR count). The van der Waals surface area contributed by atoms with Crippen molar-refractivity contribution in [3.8, 4) is 5.69 Å². The summed E-state index contributed by atoms with van der Waals surface area (Å²) in [7, 11) is 1.56. The standard InChI is InChI=1S/C14H13N5O2/c1-18-9-12(13(20)15-14(18)21)19-8-11(16-17-19)7-10-5-3-2-4-6-10/h2-6,8-9H,7H2,1H3,(H,15,20,21). The molecule has 0 atom stereocenters. The average Bonchev–Trinajstić information content (AvgIpc) is 2.92. The summed E-state index contributed by atoms with van der Waals surface area (Å²) in [6.07, 6.45) is 3.74. The van der Waals surface area contributed by atoms with Gasteiger partial charge in [0.15, 0.2) is 0 Å². The first-order valence-corrected chi connectivity index (χ1v) is 6.39. The van der Waals surface area contributed by atoms with E-state index in [0.717, 1.165) is 11.3 Å². The highest BCUT2D eigenvalue weighted by atomic mass is 16.2. The average molecular weight is 283 g/mol. The van der Waals surface area contributed by atoms with E-state index in [-0.39, 0.29) is 5.69 Å². The fourth-order valence-electron chi connectivity index (χ4n) is 2.02. The normalized spacial score (nSPS) is 10.7. The van der Waals surface area contributed by atoms with Gasteiger partial charge in [-0.1, -0.05) is 35.5 Å². The van der Waals surface area contributed by atoms with E-state index in [1.165, 1.54) is 15.4 Å². The van der Waals surface area contributed by atoms with Crippen molar-refractivity contribution in [1.29, 1.82) is 0 Å². The first-order valence-electron chi connectivity index (χ1n) is 6.39. The zero-order valence-corrected chi connectivity index (χ0v) is 11.4. The molecule has 7 nitrogen and oxygen atoms in total. The van der Waals surface area contributed by atoms with E-state index < -0.39 is 11.2 Å². The van der Waals surface area contributed by atoms with Crippen LogP contribution < -0.4 is 11.2 Å². The first kappa shape index (κ1) is 13.0. The largest absolute Gasteiger partial charge is 0.328 e.